The lowest BCUT2D eigenvalue weighted by Crippen LogP contribution is -1.86. The summed E-state index contributed by atoms with van der Waals surface area (Å²) >= 11 is 6.89. The first-order valence-electron chi connectivity index (χ1n) is 8.44. The maximum atomic E-state index is 9.56. The van der Waals surface area contributed by atoms with Crippen molar-refractivity contribution in [1.29, 1.82) is 10.5 Å². The van der Waals surface area contributed by atoms with Crippen LogP contribution in [0.2, 0.25) is 0 Å². The second-order valence-corrected chi connectivity index (χ2v) is 7.86. The van der Waals surface area contributed by atoms with Gasteiger partial charge < -0.3 is 0 Å². The van der Waals surface area contributed by atoms with Crippen LogP contribution in [0, 0.1) is 22.7 Å². The van der Waals surface area contributed by atoms with Crippen LogP contribution in [0.1, 0.15) is 22.3 Å². The summed E-state index contributed by atoms with van der Waals surface area (Å²) in [4.78, 5) is 0. The smallest absolute Gasteiger partial charge is 0.0998 e. The Morgan fingerprint density at radius 1 is 0.643 bits per heavy atom. The first-order chi connectivity index (χ1) is 13.6. The Bertz CT molecular complexity index is 1050. The van der Waals surface area contributed by atoms with Crippen LogP contribution < -0.4 is 0 Å². The number of hydrogen-bond acceptors (Lipinski definition) is 2. The van der Waals surface area contributed by atoms with E-state index >= 15 is 0 Å². The Morgan fingerprint density at radius 3 is 1.36 bits per heavy atom. The lowest BCUT2D eigenvalue weighted by Gasteiger charge is -2.04. The second kappa shape index (κ2) is 9.33. The van der Waals surface area contributed by atoms with Crippen LogP contribution in [0.15, 0.2) is 81.7 Å². The number of hydrogen-bond donors (Lipinski definition) is 0. The van der Waals surface area contributed by atoms with Crippen LogP contribution in [0.4, 0.5) is 0 Å². The summed E-state index contributed by atoms with van der Waals surface area (Å²) in [5.41, 5.74) is 4.65. The predicted octanol–water partition coefficient (Wildman–Crippen LogP) is 7.34. The van der Waals surface area contributed by atoms with Crippen LogP contribution in [0.5, 0.6) is 0 Å². The van der Waals surface area contributed by atoms with Gasteiger partial charge in [0.1, 0.15) is 0 Å². The average molecular weight is 490 g/mol. The molecule has 0 aromatic heterocycles. The molecule has 2 nitrogen and oxygen atoms in total. The normalized spacial score (nSPS) is 11.6. The molecule has 0 amide bonds. The Morgan fingerprint density at radius 2 is 1.04 bits per heavy atom. The highest BCUT2D eigenvalue weighted by Crippen LogP contribution is 2.24. The summed E-state index contributed by atoms with van der Waals surface area (Å²) in [5.74, 6) is 0. The largest absolute Gasteiger partial charge is 0.192 e. The molecule has 3 rings (SSSR count). The van der Waals surface area contributed by atoms with Gasteiger partial charge in [0.2, 0.25) is 0 Å². The Balaban J connectivity index is 1.91. The van der Waals surface area contributed by atoms with Crippen molar-refractivity contribution in [1.82, 2.24) is 0 Å². The second-order valence-electron chi connectivity index (χ2n) is 6.03. The monoisotopic (exact) mass is 488 g/mol. The van der Waals surface area contributed by atoms with Gasteiger partial charge in [-0.3, -0.25) is 0 Å². The van der Waals surface area contributed by atoms with E-state index in [9.17, 15) is 10.5 Å². The third kappa shape index (κ3) is 5.08. The highest BCUT2D eigenvalue weighted by atomic mass is 79.9. The number of halogens is 2. The van der Waals surface area contributed by atoms with Crippen molar-refractivity contribution in [3.8, 4) is 12.1 Å². The van der Waals surface area contributed by atoms with E-state index in [4.69, 9.17) is 0 Å². The summed E-state index contributed by atoms with van der Waals surface area (Å²) in [5, 5.41) is 19.1. The standard InChI is InChI=1S/C24H14Br2N2/c25-23-5-1-3-17(13-23)11-21(15-27)19-7-9-20(10-8-19)22(16-28)12-18-4-2-6-24(26)14-18/h1-14H. The lowest BCUT2D eigenvalue weighted by molar-refractivity contribution is 1.50. The third-order valence-corrected chi connectivity index (χ3v) is 5.05. The number of nitrogens with zero attached hydrogens (tertiary/aromatic N) is 2. The molecule has 0 radical (unpaired) electrons. The topological polar surface area (TPSA) is 47.6 Å². The maximum absolute atomic E-state index is 9.56. The van der Waals surface area contributed by atoms with Gasteiger partial charge in [0.15, 0.2) is 0 Å². The van der Waals surface area contributed by atoms with Gasteiger partial charge in [-0.15, -0.1) is 0 Å². The zero-order chi connectivity index (χ0) is 19.9. The molecule has 0 saturated heterocycles. The molecular formula is C24H14Br2N2. The van der Waals surface area contributed by atoms with Crippen LogP contribution in [0.3, 0.4) is 0 Å². The molecule has 0 aliphatic carbocycles. The molecule has 0 bridgehead atoms. The third-order valence-electron chi connectivity index (χ3n) is 4.07. The molecule has 0 aliphatic heterocycles. The summed E-state index contributed by atoms with van der Waals surface area (Å²) < 4.78 is 1.93. The minimum atomic E-state index is 0.569. The van der Waals surface area contributed by atoms with Gasteiger partial charge in [-0.1, -0.05) is 80.4 Å². The molecule has 3 aromatic rings. The van der Waals surface area contributed by atoms with Gasteiger partial charge in [-0.25, -0.2) is 0 Å². The number of nitriles is 2. The molecule has 0 heterocycles. The lowest BCUT2D eigenvalue weighted by atomic mass is 9.99. The summed E-state index contributed by atoms with van der Waals surface area (Å²) in [6, 6.07) is 27.6. The predicted molar refractivity (Wildman–Crippen MR) is 122 cm³/mol. The van der Waals surface area contributed by atoms with Gasteiger partial charge in [0, 0.05) is 8.95 Å². The van der Waals surface area contributed by atoms with E-state index in [1.54, 1.807) is 0 Å². The average Bonchev–Trinajstić information content (AvgIpc) is 2.70. The molecule has 4 heteroatoms. The maximum Gasteiger partial charge on any atom is 0.0998 e. The first-order valence-corrected chi connectivity index (χ1v) is 10.0. The van der Waals surface area contributed by atoms with E-state index in [-0.39, 0.29) is 0 Å². The number of rotatable bonds is 4. The Kier molecular flexibility index (Phi) is 6.61. The molecule has 0 fully saturated rings. The van der Waals surface area contributed by atoms with Crippen LogP contribution in [-0.2, 0) is 0 Å². The highest BCUT2D eigenvalue weighted by Gasteiger charge is 2.05. The van der Waals surface area contributed by atoms with E-state index in [1.807, 2.05) is 84.9 Å². The molecule has 0 aliphatic rings. The number of benzene rings is 3. The van der Waals surface area contributed by atoms with Crippen molar-refractivity contribution >= 4 is 55.2 Å². The minimum absolute atomic E-state index is 0.569. The molecule has 0 saturated carbocycles. The fourth-order valence-corrected chi connectivity index (χ4v) is 3.55. The van der Waals surface area contributed by atoms with Gasteiger partial charge >= 0.3 is 0 Å². The van der Waals surface area contributed by atoms with Crippen molar-refractivity contribution in [3.63, 3.8) is 0 Å². The fraction of sp³-hybridized carbons (Fsp3) is 0. The van der Waals surface area contributed by atoms with Gasteiger partial charge in [0.05, 0.1) is 23.3 Å². The minimum Gasteiger partial charge on any atom is -0.192 e. The number of allylic oxidation sites excluding steroid dienone is 2. The SMILES string of the molecule is N#CC(=Cc1cccc(Br)c1)c1ccc(C(C#N)=Cc2cccc(Br)c2)cc1. The van der Waals surface area contributed by atoms with Crippen molar-refractivity contribution in [2.75, 3.05) is 0 Å². The van der Waals surface area contributed by atoms with Crippen molar-refractivity contribution in [2.45, 2.75) is 0 Å². The zero-order valence-electron chi connectivity index (χ0n) is 14.7. The molecule has 0 spiro atoms. The molecular weight excluding hydrogens is 476 g/mol. The summed E-state index contributed by atoms with van der Waals surface area (Å²) in [6.07, 6.45) is 3.70. The van der Waals surface area contributed by atoms with Gasteiger partial charge in [-0.05, 0) is 58.7 Å². The van der Waals surface area contributed by atoms with Crippen LogP contribution >= 0.6 is 31.9 Å². The van der Waals surface area contributed by atoms with E-state index in [0.717, 1.165) is 31.2 Å². The van der Waals surface area contributed by atoms with Gasteiger partial charge in [-0.2, -0.15) is 10.5 Å². The molecule has 134 valence electrons. The zero-order valence-corrected chi connectivity index (χ0v) is 17.9. The molecule has 3 aromatic carbocycles. The van der Waals surface area contributed by atoms with Gasteiger partial charge in [0.25, 0.3) is 0 Å². The van der Waals surface area contributed by atoms with Crippen molar-refractivity contribution < 1.29 is 0 Å². The first kappa shape index (κ1) is 19.8. The molecule has 0 unspecified atom stereocenters. The van der Waals surface area contributed by atoms with Crippen LogP contribution in [-0.4, -0.2) is 0 Å². The highest BCUT2D eigenvalue weighted by molar-refractivity contribution is 9.10. The molecule has 0 atom stereocenters. The van der Waals surface area contributed by atoms with Crippen molar-refractivity contribution in [3.05, 3.63) is 104 Å². The quantitative estimate of drug-likeness (QED) is 0.284. The molecule has 28 heavy (non-hydrogen) atoms. The van der Waals surface area contributed by atoms with E-state index < -0.39 is 0 Å². The van der Waals surface area contributed by atoms with Crippen molar-refractivity contribution in [2.24, 2.45) is 0 Å². The Labute approximate surface area is 181 Å². The fourth-order valence-electron chi connectivity index (χ4n) is 2.72. The Hall–Kier alpha value is -2.92. The van der Waals surface area contributed by atoms with E-state index in [0.29, 0.717) is 11.1 Å². The summed E-state index contributed by atoms with van der Waals surface area (Å²) in [7, 11) is 0. The van der Waals surface area contributed by atoms with Crippen LogP contribution in [0.25, 0.3) is 23.3 Å². The van der Waals surface area contributed by atoms with E-state index in [1.165, 1.54) is 0 Å². The summed E-state index contributed by atoms with van der Waals surface area (Å²) in [6.45, 7) is 0. The molecule has 0 N–H and O–H groups in total. The van der Waals surface area contributed by atoms with E-state index in [2.05, 4.69) is 44.0 Å².